The Morgan fingerprint density at radius 1 is 1.00 bits per heavy atom. The van der Waals surface area contributed by atoms with Crippen molar-refractivity contribution in [1.82, 2.24) is 4.90 Å². The van der Waals surface area contributed by atoms with Crippen molar-refractivity contribution in [3.63, 3.8) is 0 Å². The van der Waals surface area contributed by atoms with Gasteiger partial charge in [-0.05, 0) is 37.5 Å². The Labute approximate surface area is 81.5 Å². The van der Waals surface area contributed by atoms with Crippen LogP contribution in [0.4, 0.5) is 0 Å². The van der Waals surface area contributed by atoms with E-state index in [0.29, 0.717) is 0 Å². The topological polar surface area (TPSA) is 3.24 Å². The molecule has 0 aromatic carbocycles. The molecule has 13 heavy (non-hydrogen) atoms. The Morgan fingerprint density at radius 2 is 1.85 bits per heavy atom. The smallest absolute Gasteiger partial charge is 0.0141 e. The Balaban J connectivity index is 1.59. The summed E-state index contributed by atoms with van der Waals surface area (Å²) in [6.45, 7) is 3.87. The maximum atomic E-state index is 2.82. The van der Waals surface area contributed by atoms with Crippen molar-refractivity contribution in [3.8, 4) is 0 Å². The van der Waals surface area contributed by atoms with Gasteiger partial charge in [-0.1, -0.05) is 19.8 Å². The molecule has 3 fully saturated rings. The molecular weight excluding hydrogens is 158 g/mol. The van der Waals surface area contributed by atoms with Gasteiger partial charge in [0.25, 0.3) is 0 Å². The fourth-order valence-electron chi connectivity index (χ4n) is 3.32. The van der Waals surface area contributed by atoms with Gasteiger partial charge in [-0.15, -0.1) is 0 Å². The van der Waals surface area contributed by atoms with Crippen molar-refractivity contribution in [2.75, 3.05) is 6.54 Å². The van der Waals surface area contributed by atoms with Crippen molar-refractivity contribution in [2.24, 2.45) is 11.8 Å². The first-order valence-electron chi connectivity index (χ1n) is 6.12. The average molecular weight is 179 g/mol. The van der Waals surface area contributed by atoms with Gasteiger partial charge >= 0.3 is 0 Å². The molecule has 1 nitrogen and oxygen atoms in total. The van der Waals surface area contributed by atoms with Gasteiger partial charge in [0, 0.05) is 18.6 Å². The zero-order valence-electron chi connectivity index (χ0n) is 8.71. The summed E-state index contributed by atoms with van der Waals surface area (Å²) in [5, 5.41) is 0. The molecule has 0 bridgehead atoms. The van der Waals surface area contributed by atoms with Gasteiger partial charge in [0.15, 0.2) is 0 Å². The normalized spacial score (nSPS) is 46.4. The first-order chi connectivity index (χ1) is 6.36. The minimum atomic E-state index is 1.01. The van der Waals surface area contributed by atoms with Gasteiger partial charge in [-0.3, -0.25) is 4.90 Å². The van der Waals surface area contributed by atoms with Crippen LogP contribution < -0.4 is 0 Å². The molecule has 2 aliphatic carbocycles. The van der Waals surface area contributed by atoms with Crippen LogP contribution in [0.2, 0.25) is 0 Å². The van der Waals surface area contributed by atoms with Gasteiger partial charge in [-0.25, -0.2) is 0 Å². The summed E-state index contributed by atoms with van der Waals surface area (Å²) in [6, 6.07) is 2.01. The number of hydrogen-bond donors (Lipinski definition) is 0. The predicted octanol–water partition coefficient (Wildman–Crippen LogP) is 2.66. The molecule has 0 amide bonds. The van der Waals surface area contributed by atoms with Crippen molar-refractivity contribution in [1.29, 1.82) is 0 Å². The van der Waals surface area contributed by atoms with Crippen molar-refractivity contribution >= 4 is 0 Å². The standard InChI is InChI=1S/C12H21N/c1-9-5-6-11(9)12-7-8-13(12)10-3-2-4-10/h9-12H,2-8H2,1H3. The minimum Gasteiger partial charge on any atom is -0.297 e. The van der Waals surface area contributed by atoms with Crippen LogP contribution in [0.3, 0.4) is 0 Å². The lowest BCUT2D eigenvalue weighted by atomic mass is 9.66. The molecule has 3 unspecified atom stereocenters. The molecule has 0 radical (unpaired) electrons. The van der Waals surface area contributed by atoms with Crippen LogP contribution in [-0.4, -0.2) is 23.5 Å². The van der Waals surface area contributed by atoms with Gasteiger partial charge < -0.3 is 0 Å². The molecule has 1 heterocycles. The molecule has 0 spiro atoms. The third-order valence-electron chi connectivity index (χ3n) is 4.83. The first kappa shape index (κ1) is 8.28. The highest BCUT2D eigenvalue weighted by Gasteiger charge is 2.44. The summed E-state index contributed by atoms with van der Waals surface area (Å²) < 4.78 is 0. The van der Waals surface area contributed by atoms with Crippen LogP contribution in [0.1, 0.15) is 45.4 Å². The Bertz CT molecular complexity index is 197. The van der Waals surface area contributed by atoms with Gasteiger partial charge in [0.2, 0.25) is 0 Å². The maximum Gasteiger partial charge on any atom is 0.0141 e. The summed E-state index contributed by atoms with van der Waals surface area (Å²) in [5.41, 5.74) is 0. The van der Waals surface area contributed by atoms with Gasteiger partial charge in [0.05, 0.1) is 0 Å². The highest BCUT2D eigenvalue weighted by molar-refractivity contribution is 4.98. The third kappa shape index (κ3) is 1.16. The Morgan fingerprint density at radius 3 is 2.15 bits per heavy atom. The fraction of sp³-hybridized carbons (Fsp3) is 1.00. The molecular formula is C12H21N. The summed E-state index contributed by atoms with van der Waals surface area (Å²) >= 11 is 0. The summed E-state index contributed by atoms with van der Waals surface area (Å²) in [4.78, 5) is 2.82. The first-order valence-corrected chi connectivity index (χ1v) is 6.12. The molecule has 1 aliphatic heterocycles. The molecule has 3 rings (SSSR count). The highest BCUT2D eigenvalue weighted by Crippen LogP contribution is 2.45. The zero-order valence-corrected chi connectivity index (χ0v) is 8.71. The quantitative estimate of drug-likeness (QED) is 0.630. The third-order valence-corrected chi connectivity index (χ3v) is 4.83. The lowest BCUT2D eigenvalue weighted by Gasteiger charge is -2.56. The molecule has 0 aromatic heterocycles. The highest BCUT2D eigenvalue weighted by atomic mass is 15.2. The van der Waals surface area contributed by atoms with E-state index in [2.05, 4.69) is 11.8 Å². The van der Waals surface area contributed by atoms with E-state index in [9.17, 15) is 0 Å². The van der Waals surface area contributed by atoms with Crippen molar-refractivity contribution in [2.45, 2.75) is 57.5 Å². The second-order valence-electron chi connectivity index (χ2n) is 5.40. The van der Waals surface area contributed by atoms with E-state index in [1.165, 1.54) is 45.1 Å². The zero-order chi connectivity index (χ0) is 8.84. The van der Waals surface area contributed by atoms with E-state index >= 15 is 0 Å². The van der Waals surface area contributed by atoms with E-state index < -0.39 is 0 Å². The molecule has 2 saturated carbocycles. The lowest BCUT2D eigenvalue weighted by Crippen LogP contribution is -2.60. The maximum absolute atomic E-state index is 2.82. The van der Waals surface area contributed by atoms with Crippen molar-refractivity contribution in [3.05, 3.63) is 0 Å². The lowest BCUT2D eigenvalue weighted by molar-refractivity contribution is -0.0625. The largest absolute Gasteiger partial charge is 0.297 e. The number of likely N-dealkylation sites (tertiary alicyclic amines) is 1. The van der Waals surface area contributed by atoms with Crippen LogP contribution in [0.25, 0.3) is 0 Å². The summed E-state index contributed by atoms with van der Waals surface area (Å²) in [7, 11) is 0. The second-order valence-corrected chi connectivity index (χ2v) is 5.40. The van der Waals surface area contributed by atoms with E-state index in [0.717, 1.165) is 23.9 Å². The second kappa shape index (κ2) is 2.98. The predicted molar refractivity (Wildman–Crippen MR) is 54.6 cm³/mol. The monoisotopic (exact) mass is 179 g/mol. The minimum absolute atomic E-state index is 1.01. The van der Waals surface area contributed by atoms with E-state index in [-0.39, 0.29) is 0 Å². The molecule has 74 valence electrons. The molecule has 0 N–H and O–H groups in total. The number of rotatable bonds is 2. The average Bonchev–Trinajstić information content (AvgIpc) is 2.01. The van der Waals surface area contributed by atoms with E-state index in [1.54, 1.807) is 0 Å². The van der Waals surface area contributed by atoms with E-state index in [4.69, 9.17) is 0 Å². The fourth-order valence-corrected chi connectivity index (χ4v) is 3.32. The van der Waals surface area contributed by atoms with Crippen LogP contribution in [0, 0.1) is 11.8 Å². The molecule has 0 aromatic rings. The summed E-state index contributed by atoms with van der Waals surface area (Å²) in [6.07, 6.45) is 9.02. The van der Waals surface area contributed by atoms with Crippen LogP contribution in [0.15, 0.2) is 0 Å². The van der Waals surface area contributed by atoms with Crippen LogP contribution in [-0.2, 0) is 0 Å². The SMILES string of the molecule is CC1CCC1C1CCN1C1CCC1. The van der Waals surface area contributed by atoms with Crippen LogP contribution in [0.5, 0.6) is 0 Å². The van der Waals surface area contributed by atoms with Crippen LogP contribution >= 0.6 is 0 Å². The van der Waals surface area contributed by atoms with Gasteiger partial charge in [0.1, 0.15) is 0 Å². The number of nitrogens with zero attached hydrogens (tertiary/aromatic N) is 1. The van der Waals surface area contributed by atoms with Gasteiger partial charge in [-0.2, -0.15) is 0 Å². The molecule has 3 aliphatic rings. The Hall–Kier alpha value is -0.0400. The molecule has 3 atom stereocenters. The van der Waals surface area contributed by atoms with E-state index in [1.807, 2.05) is 0 Å². The summed E-state index contributed by atoms with van der Waals surface area (Å²) in [5.74, 6) is 2.11. The molecule has 1 heteroatoms. The Kier molecular flexibility index (Phi) is 1.90. The molecule has 1 saturated heterocycles. The van der Waals surface area contributed by atoms with Crippen molar-refractivity contribution < 1.29 is 0 Å². The number of hydrogen-bond acceptors (Lipinski definition) is 1.